The van der Waals surface area contributed by atoms with Gasteiger partial charge in [-0.25, -0.2) is 29.8 Å². The van der Waals surface area contributed by atoms with Crippen molar-refractivity contribution in [2.24, 2.45) is 0 Å². The zero-order valence-electron chi connectivity index (χ0n) is 29.7. The summed E-state index contributed by atoms with van der Waals surface area (Å²) >= 11 is 0. The van der Waals surface area contributed by atoms with Crippen molar-refractivity contribution in [3.63, 3.8) is 0 Å². The minimum Gasteiger partial charge on any atom is -0.744 e. The van der Waals surface area contributed by atoms with Gasteiger partial charge in [-0.15, -0.1) is 0 Å². The van der Waals surface area contributed by atoms with Crippen LogP contribution in [0.5, 0.6) is 0 Å². The van der Waals surface area contributed by atoms with Gasteiger partial charge in [0.15, 0.2) is 6.54 Å². The first-order valence-corrected chi connectivity index (χ1v) is 20.0. The Kier molecular flexibility index (Phi) is 15.8. The van der Waals surface area contributed by atoms with Crippen molar-refractivity contribution < 1.29 is 103 Å². The van der Waals surface area contributed by atoms with Crippen molar-refractivity contribution >= 4 is 53.4 Å². The van der Waals surface area contributed by atoms with Crippen LogP contribution in [0.2, 0.25) is 0 Å². The summed E-state index contributed by atoms with van der Waals surface area (Å²) in [6.45, 7) is 5.60. The van der Waals surface area contributed by atoms with Crippen LogP contribution in [0.25, 0.3) is 11.6 Å². The van der Waals surface area contributed by atoms with E-state index < -0.39 is 30.4 Å². The van der Waals surface area contributed by atoms with Crippen molar-refractivity contribution in [2.45, 2.75) is 41.6 Å². The Morgan fingerprint density at radius 2 is 1.26 bits per heavy atom. The second-order valence-corrected chi connectivity index (χ2v) is 15.8. The molecule has 0 amide bonds. The molecule has 0 aromatic heterocycles. The van der Waals surface area contributed by atoms with Gasteiger partial charge in [-0.1, -0.05) is 54.6 Å². The summed E-state index contributed by atoms with van der Waals surface area (Å²) in [5, 5.41) is 0. The van der Waals surface area contributed by atoms with Gasteiger partial charge < -0.3 is 18.6 Å². The van der Waals surface area contributed by atoms with Crippen molar-refractivity contribution in [3.8, 4) is 0 Å². The molecule has 53 heavy (non-hydrogen) atoms. The van der Waals surface area contributed by atoms with Crippen LogP contribution >= 0.6 is 0 Å². The topological polar surface area (TPSA) is 178 Å². The predicted molar refractivity (Wildman–Crippen MR) is 191 cm³/mol. The summed E-state index contributed by atoms with van der Waals surface area (Å²) in [7, 11) is -14.0. The molecule has 11 nitrogen and oxygen atoms in total. The number of hydrogen-bond acceptors (Lipinski definition) is 10. The number of anilines is 1. The Hall–Kier alpha value is -2.70. The summed E-state index contributed by atoms with van der Waals surface area (Å²) in [6.07, 6.45) is 7.19. The molecule has 0 fully saturated rings. The third kappa shape index (κ3) is 11.7. The van der Waals surface area contributed by atoms with Gasteiger partial charge in [0, 0.05) is 36.5 Å². The van der Waals surface area contributed by atoms with Crippen LogP contribution in [0.3, 0.4) is 0 Å². The van der Waals surface area contributed by atoms with Gasteiger partial charge in [0.1, 0.15) is 36.9 Å². The molecule has 0 N–H and O–H groups in total. The monoisotopic (exact) mass is 792 g/mol. The van der Waals surface area contributed by atoms with Gasteiger partial charge in [0.2, 0.25) is 5.71 Å². The van der Waals surface area contributed by atoms with Crippen molar-refractivity contribution in [2.75, 3.05) is 18.0 Å². The first-order chi connectivity index (χ1) is 24.1. The maximum Gasteiger partial charge on any atom is 1.00 e. The number of nitrogens with zero attached hydrogens (tertiary/aromatic N) is 2. The fourth-order valence-corrected chi connectivity index (χ4v) is 7.52. The summed E-state index contributed by atoms with van der Waals surface area (Å²) in [4.78, 5) is 1.03. The number of rotatable bonds is 12. The molecular formula is C37H34N2Na2O9S3. The molecule has 0 heterocycles. The van der Waals surface area contributed by atoms with Gasteiger partial charge in [-0.05, 0) is 96.3 Å². The number of allylic oxidation sites excluding steroid dienone is 5. The fraction of sp³-hybridized carbons (Fsp3) is 0.162. The van der Waals surface area contributed by atoms with Crippen LogP contribution in [0, 0.1) is 0 Å². The molecule has 4 aromatic rings. The van der Waals surface area contributed by atoms with Gasteiger partial charge in [0.05, 0.1) is 14.7 Å². The fourth-order valence-electron chi connectivity index (χ4n) is 5.77. The smallest absolute Gasteiger partial charge is 0.744 e. The van der Waals surface area contributed by atoms with E-state index in [1.807, 2.05) is 65.8 Å². The van der Waals surface area contributed by atoms with E-state index in [0.717, 1.165) is 17.0 Å². The molecule has 4 aromatic carbocycles. The average Bonchev–Trinajstić information content (AvgIpc) is 3.09. The summed E-state index contributed by atoms with van der Waals surface area (Å²) in [6, 6.07) is 25.2. The molecule has 0 saturated heterocycles. The van der Waals surface area contributed by atoms with Crippen LogP contribution in [0.4, 0.5) is 5.69 Å². The van der Waals surface area contributed by atoms with Gasteiger partial charge >= 0.3 is 59.1 Å². The average molecular weight is 793 g/mol. The van der Waals surface area contributed by atoms with E-state index in [0.29, 0.717) is 48.5 Å². The SMILES string of the molecule is CCN(Cc1cccc(S(=O)(=O)[O-])c1)c1ccc(C2=CC(=[N+](CC)Cc3cccc(S(=O)(=O)[O-])c3)C=CC2=Cc2ccccc2S(=O)(=O)[O-])cc1.[Na+].[Na+]. The molecule has 266 valence electrons. The molecule has 1 aliphatic carbocycles. The molecule has 0 unspecified atom stereocenters. The Morgan fingerprint density at radius 3 is 1.83 bits per heavy atom. The Balaban J connectivity index is 0.00000378. The Bertz CT molecular complexity index is 2430. The predicted octanol–water partition coefficient (Wildman–Crippen LogP) is -0.856. The van der Waals surface area contributed by atoms with E-state index in [-0.39, 0.29) is 79.4 Å². The maximum absolute atomic E-state index is 12.1. The molecule has 1 aliphatic rings. The van der Waals surface area contributed by atoms with Gasteiger partial charge in [-0.3, -0.25) is 0 Å². The van der Waals surface area contributed by atoms with E-state index in [9.17, 15) is 38.9 Å². The van der Waals surface area contributed by atoms with Crippen LogP contribution in [-0.4, -0.2) is 62.3 Å². The summed E-state index contributed by atoms with van der Waals surface area (Å²) in [5.74, 6) is 0. The van der Waals surface area contributed by atoms with Crippen LogP contribution in [0.15, 0.2) is 136 Å². The second-order valence-electron chi connectivity index (χ2n) is 11.7. The largest absolute Gasteiger partial charge is 1.00 e. The Morgan fingerprint density at radius 1 is 0.679 bits per heavy atom. The molecular weight excluding hydrogens is 759 g/mol. The minimum absolute atomic E-state index is 0. The van der Waals surface area contributed by atoms with E-state index in [1.165, 1.54) is 48.5 Å². The van der Waals surface area contributed by atoms with Crippen LogP contribution in [0.1, 0.15) is 36.1 Å². The van der Waals surface area contributed by atoms with Crippen LogP contribution < -0.4 is 64.0 Å². The van der Waals surface area contributed by atoms with Gasteiger partial charge in [-0.2, -0.15) is 0 Å². The number of benzene rings is 4. The van der Waals surface area contributed by atoms with E-state index in [1.54, 1.807) is 30.3 Å². The molecule has 0 bridgehead atoms. The van der Waals surface area contributed by atoms with E-state index in [2.05, 4.69) is 0 Å². The second kappa shape index (κ2) is 18.8. The van der Waals surface area contributed by atoms with Crippen molar-refractivity contribution in [3.05, 3.63) is 143 Å². The van der Waals surface area contributed by atoms with E-state index in [4.69, 9.17) is 0 Å². The zero-order chi connectivity index (χ0) is 37.0. The molecule has 0 saturated carbocycles. The molecule has 0 atom stereocenters. The van der Waals surface area contributed by atoms with Crippen molar-refractivity contribution in [1.29, 1.82) is 0 Å². The minimum atomic E-state index is -4.77. The molecule has 0 aliphatic heterocycles. The third-order valence-electron chi connectivity index (χ3n) is 8.33. The molecule has 16 heteroatoms. The normalized spacial score (nSPS) is 14.9. The summed E-state index contributed by atoms with van der Waals surface area (Å²) < 4.78 is 108. The number of hydrogen-bond donors (Lipinski definition) is 0. The quantitative estimate of drug-likeness (QED) is 0.0998. The maximum atomic E-state index is 12.1. The summed E-state index contributed by atoms with van der Waals surface area (Å²) in [5.41, 5.74) is 5.17. The zero-order valence-corrected chi connectivity index (χ0v) is 36.1. The van der Waals surface area contributed by atoms with E-state index >= 15 is 0 Å². The molecule has 0 spiro atoms. The molecule has 0 radical (unpaired) electrons. The first kappa shape index (κ1) is 44.7. The Labute approximate surface area is 355 Å². The third-order valence-corrected chi connectivity index (χ3v) is 10.9. The molecule has 5 rings (SSSR count). The first-order valence-electron chi connectivity index (χ1n) is 15.8. The van der Waals surface area contributed by atoms with Gasteiger partial charge in [0.25, 0.3) is 0 Å². The van der Waals surface area contributed by atoms with Crippen LogP contribution in [-0.2, 0) is 43.4 Å². The van der Waals surface area contributed by atoms with Crippen molar-refractivity contribution in [1.82, 2.24) is 0 Å². The standard InChI is InChI=1S/C37H36N2O9S3.2Na/c1-3-38(25-27-9-7-12-34(21-27)49(40,41)42)32-18-15-29(16-19-32)36-24-33(39(4-2)26-28-10-8-13-35(22-28)50(43,44)45)20-17-30(36)23-31-11-5-6-14-37(31)51(46,47)48;;/h5-24H,3-4,25-26H2,1-2H3,(H2-,40,41,42,43,44,45,46,47,48);;/q;2*+1/p-2.